The Kier molecular flexibility index (Phi) is 7.59. The normalized spacial score (nSPS) is 10.3. The molecule has 0 radical (unpaired) electrons. The third kappa shape index (κ3) is 5.83. The van der Waals surface area contributed by atoms with E-state index in [0.717, 1.165) is 20.4 Å². The minimum atomic E-state index is -0.0419. The standard InChI is InChI=1S/C18H19Br2NO3/c1-2-23-16-6-3-4-7-17(16)24-11-5-8-18(22)21-15-10-9-13(19)12-14(15)20/h3-4,6-7,9-10,12H,2,5,8,11H2,1H3,(H,21,22). The van der Waals surface area contributed by atoms with Gasteiger partial charge in [0.1, 0.15) is 0 Å². The quantitative estimate of drug-likeness (QED) is 0.540. The lowest BCUT2D eigenvalue weighted by Crippen LogP contribution is -2.13. The summed E-state index contributed by atoms with van der Waals surface area (Å²) in [6, 6.07) is 13.2. The highest BCUT2D eigenvalue weighted by Crippen LogP contribution is 2.27. The zero-order valence-electron chi connectivity index (χ0n) is 13.4. The van der Waals surface area contributed by atoms with Crippen molar-refractivity contribution in [2.24, 2.45) is 0 Å². The SMILES string of the molecule is CCOc1ccccc1OCCCC(=O)Nc1ccc(Br)cc1Br. The molecule has 2 aromatic rings. The molecule has 0 aliphatic carbocycles. The molecule has 0 heterocycles. The lowest BCUT2D eigenvalue weighted by Gasteiger charge is -2.11. The van der Waals surface area contributed by atoms with Crippen LogP contribution in [0.5, 0.6) is 11.5 Å². The number of hydrogen-bond donors (Lipinski definition) is 1. The Hall–Kier alpha value is -1.53. The molecule has 4 nitrogen and oxygen atoms in total. The summed E-state index contributed by atoms with van der Waals surface area (Å²) in [6.45, 7) is 2.98. The minimum Gasteiger partial charge on any atom is -0.490 e. The van der Waals surface area contributed by atoms with Crippen LogP contribution in [0.4, 0.5) is 5.69 Å². The molecule has 1 N–H and O–H groups in total. The number of rotatable bonds is 8. The molecule has 2 aromatic carbocycles. The Morgan fingerprint density at radius 3 is 2.46 bits per heavy atom. The molecule has 6 heteroatoms. The molecule has 128 valence electrons. The van der Waals surface area contributed by atoms with Crippen molar-refractivity contribution in [1.82, 2.24) is 0 Å². The second-order valence-electron chi connectivity index (χ2n) is 5.00. The van der Waals surface area contributed by atoms with Gasteiger partial charge in [0.15, 0.2) is 11.5 Å². The van der Waals surface area contributed by atoms with Crippen molar-refractivity contribution in [2.75, 3.05) is 18.5 Å². The van der Waals surface area contributed by atoms with Gasteiger partial charge in [-0.3, -0.25) is 4.79 Å². The Labute approximate surface area is 158 Å². The van der Waals surface area contributed by atoms with E-state index in [1.807, 2.05) is 49.4 Å². The molecule has 0 aliphatic heterocycles. The van der Waals surface area contributed by atoms with Crippen molar-refractivity contribution in [3.8, 4) is 11.5 Å². The molecule has 0 atom stereocenters. The van der Waals surface area contributed by atoms with Gasteiger partial charge in [-0.15, -0.1) is 0 Å². The van der Waals surface area contributed by atoms with Crippen LogP contribution in [-0.4, -0.2) is 19.1 Å². The van der Waals surface area contributed by atoms with Gasteiger partial charge in [-0.2, -0.15) is 0 Å². The first-order valence-corrected chi connectivity index (χ1v) is 9.28. The molecule has 24 heavy (non-hydrogen) atoms. The molecule has 0 aromatic heterocycles. The fourth-order valence-corrected chi connectivity index (χ4v) is 3.21. The van der Waals surface area contributed by atoms with Crippen molar-refractivity contribution >= 4 is 43.5 Å². The molecule has 2 rings (SSSR count). The lowest BCUT2D eigenvalue weighted by atomic mass is 10.2. The van der Waals surface area contributed by atoms with E-state index in [1.54, 1.807) is 0 Å². The fraction of sp³-hybridized carbons (Fsp3) is 0.278. The van der Waals surface area contributed by atoms with Crippen LogP contribution in [-0.2, 0) is 4.79 Å². The van der Waals surface area contributed by atoms with Gasteiger partial charge >= 0.3 is 0 Å². The largest absolute Gasteiger partial charge is 0.490 e. The first-order chi connectivity index (χ1) is 11.6. The average molecular weight is 457 g/mol. The lowest BCUT2D eigenvalue weighted by molar-refractivity contribution is -0.116. The molecule has 0 unspecified atom stereocenters. The second-order valence-corrected chi connectivity index (χ2v) is 6.77. The van der Waals surface area contributed by atoms with Crippen LogP contribution in [0, 0.1) is 0 Å². The third-order valence-electron chi connectivity index (χ3n) is 3.16. The summed E-state index contributed by atoms with van der Waals surface area (Å²) in [5.41, 5.74) is 0.755. The van der Waals surface area contributed by atoms with E-state index >= 15 is 0 Å². The Morgan fingerprint density at radius 1 is 1.08 bits per heavy atom. The van der Waals surface area contributed by atoms with E-state index in [9.17, 15) is 4.79 Å². The number of carbonyl (C=O) groups is 1. The fourth-order valence-electron chi connectivity index (χ4n) is 2.06. The van der Waals surface area contributed by atoms with Crippen molar-refractivity contribution in [3.05, 3.63) is 51.4 Å². The first-order valence-electron chi connectivity index (χ1n) is 7.69. The molecule has 0 spiro atoms. The van der Waals surface area contributed by atoms with Crippen LogP contribution < -0.4 is 14.8 Å². The Balaban J connectivity index is 1.77. The van der Waals surface area contributed by atoms with Crippen molar-refractivity contribution in [3.63, 3.8) is 0 Å². The van der Waals surface area contributed by atoms with Gasteiger partial charge in [0.25, 0.3) is 0 Å². The van der Waals surface area contributed by atoms with E-state index in [0.29, 0.717) is 31.8 Å². The van der Waals surface area contributed by atoms with Crippen LogP contribution in [0.15, 0.2) is 51.4 Å². The van der Waals surface area contributed by atoms with Crippen LogP contribution in [0.1, 0.15) is 19.8 Å². The molecule has 1 amide bonds. The molecular weight excluding hydrogens is 438 g/mol. The molecule has 0 saturated heterocycles. The number of amides is 1. The molecular formula is C18H19Br2NO3. The smallest absolute Gasteiger partial charge is 0.224 e. The molecule has 0 aliphatic rings. The summed E-state index contributed by atoms with van der Waals surface area (Å²) in [6.07, 6.45) is 1.01. The van der Waals surface area contributed by atoms with E-state index in [4.69, 9.17) is 9.47 Å². The van der Waals surface area contributed by atoms with Gasteiger partial charge in [-0.25, -0.2) is 0 Å². The van der Waals surface area contributed by atoms with Gasteiger partial charge in [0, 0.05) is 15.4 Å². The summed E-state index contributed by atoms with van der Waals surface area (Å²) in [5, 5.41) is 2.88. The van der Waals surface area contributed by atoms with Gasteiger partial charge < -0.3 is 14.8 Å². The summed E-state index contributed by atoms with van der Waals surface area (Å²) in [5.74, 6) is 1.39. The second kappa shape index (κ2) is 9.69. The average Bonchev–Trinajstić information content (AvgIpc) is 2.56. The van der Waals surface area contributed by atoms with Crippen molar-refractivity contribution < 1.29 is 14.3 Å². The zero-order chi connectivity index (χ0) is 17.4. The third-order valence-corrected chi connectivity index (χ3v) is 4.31. The number of benzene rings is 2. The van der Waals surface area contributed by atoms with Crippen LogP contribution in [0.3, 0.4) is 0 Å². The molecule has 0 saturated carbocycles. The number of anilines is 1. The number of para-hydroxylation sites is 2. The zero-order valence-corrected chi connectivity index (χ0v) is 16.5. The minimum absolute atomic E-state index is 0.0419. The van der Waals surface area contributed by atoms with Crippen LogP contribution in [0.25, 0.3) is 0 Å². The number of hydrogen-bond acceptors (Lipinski definition) is 3. The Morgan fingerprint density at radius 2 is 1.79 bits per heavy atom. The van der Waals surface area contributed by atoms with Gasteiger partial charge in [0.2, 0.25) is 5.91 Å². The maximum Gasteiger partial charge on any atom is 0.224 e. The van der Waals surface area contributed by atoms with E-state index in [1.165, 1.54) is 0 Å². The maximum absolute atomic E-state index is 12.0. The highest BCUT2D eigenvalue weighted by molar-refractivity contribution is 9.11. The number of halogens is 2. The Bertz CT molecular complexity index is 692. The number of nitrogens with one attached hydrogen (secondary N) is 1. The summed E-state index contributed by atoms with van der Waals surface area (Å²) >= 11 is 6.81. The number of ether oxygens (including phenoxy) is 2. The highest BCUT2D eigenvalue weighted by atomic mass is 79.9. The van der Waals surface area contributed by atoms with Gasteiger partial charge in [-0.05, 0) is 59.6 Å². The van der Waals surface area contributed by atoms with Gasteiger partial charge in [-0.1, -0.05) is 28.1 Å². The molecule has 0 fully saturated rings. The molecule has 0 bridgehead atoms. The number of carbonyl (C=O) groups excluding carboxylic acids is 1. The predicted molar refractivity (Wildman–Crippen MR) is 103 cm³/mol. The maximum atomic E-state index is 12.0. The summed E-state index contributed by atoms with van der Waals surface area (Å²) in [4.78, 5) is 12.0. The highest BCUT2D eigenvalue weighted by Gasteiger charge is 2.07. The summed E-state index contributed by atoms with van der Waals surface area (Å²) < 4.78 is 13.0. The predicted octanol–water partition coefficient (Wildman–Crippen LogP) is 5.41. The van der Waals surface area contributed by atoms with Crippen LogP contribution >= 0.6 is 31.9 Å². The van der Waals surface area contributed by atoms with Crippen LogP contribution in [0.2, 0.25) is 0 Å². The topological polar surface area (TPSA) is 47.6 Å². The van der Waals surface area contributed by atoms with E-state index in [-0.39, 0.29) is 5.91 Å². The first kappa shape index (κ1) is 18.8. The monoisotopic (exact) mass is 455 g/mol. The van der Waals surface area contributed by atoms with Crippen molar-refractivity contribution in [2.45, 2.75) is 19.8 Å². The van der Waals surface area contributed by atoms with Gasteiger partial charge in [0.05, 0.1) is 18.9 Å². The van der Waals surface area contributed by atoms with E-state index in [2.05, 4.69) is 37.2 Å². The summed E-state index contributed by atoms with van der Waals surface area (Å²) in [7, 11) is 0. The van der Waals surface area contributed by atoms with Crippen molar-refractivity contribution in [1.29, 1.82) is 0 Å². The van der Waals surface area contributed by atoms with E-state index < -0.39 is 0 Å².